The number of likely N-dealkylation sites (N-methyl/N-ethyl adjacent to an activating group) is 1. The lowest BCUT2D eigenvalue weighted by atomic mass is 10.1. The second-order valence-corrected chi connectivity index (χ2v) is 7.71. The second kappa shape index (κ2) is 11.0. The number of carbonyl (C=O) groups is 1. The first kappa shape index (κ1) is 22.1. The molecule has 6 heteroatoms. The third-order valence-corrected chi connectivity index (χ3v) is 5.48. The number of aryl methyl sites for hydroxylation is 1. The van der Waals surface area contributed by atoms with E-state index in [4.69, 9.17) is 14.2 Å². The number of rotatable bonds is 9. The number of hydrogen-bond donors (Lipinski definition) is 1. The van der Waals surface area contributed by atoms with E-state index in [0.717, 1.165) is 49.5 Å². The van der Waals surface area contributed by atoms with Crippen LogP contribution in [0.4, 0.5) is 0 Å². The molecule has 0 spiro atoms. The van der Waals surface area contributed by atoms with Crippen LogP contribution < -0.4 is 14.8 Å². The quantitative estimate of drug-likeness (QED) is 0.684. The zero-order valence-electron chi connectivity index (χ0n) is 18.1. The van der Waals surface area contributed by atoms with Crippen molar-refractivity contribution < 1.29 is 19.0 Å². The molecule has 1 heterocycles. The van der Waals surface area contributed by atoms with Crippen molar-refractivity contribution in [1.29, 1.82) is 0 Å². The summed E-state index contributed by atoms with van der Waals surface area (Å²) in [6.07, 6.45) is 2.16. The number of methoxy groups -OCH3 is 1. The van der Waals surface area contributed by atoms with Gasteiger partial charge in [0, 0.05) is 32.3 Å². The van der Waals surface area contributed by atoms with Crippen molar-refractivity contribution in [2.75, 3.05) is 40.5 Å². The van der Waals surface area contributed by atoms with E-state index in [1.165, 1.54) is 0 Å². The normalized spacial score (nSPS) is 14.5. The van der Waals surface area contributed by atoms with Gasteiger partial charge in [0.05, 0.1) is 12.7 Å². The molecule has 0 atom stereocenters. The van der Waals surface area contributed by atoms with Gasteiger partial charge in [-0.25, -0.2) is 0 Å². The Balaban J connectivity index is 1.49. The van der Waals surface area contributed by atoms with Crippen LogP contribution in [0.2, 0.25) is 0 Å². The number of hydrogen-bond acceptors (Lipinski definition) is 5. The third kappa shape index (κ3) is 6.21. The van der Waals surface area contributed by atoms with E-state index in [1.807, 2.05) is 49.4 Å². The Hall–Kier alpha value is -2.57. The predicted octanol–water partition coefficient (Wildman–Crippen LogP) is 3.42. The highest BCUT2D eigenvalue weighted by Crippen LogP contribution is 2.20. The zero-order valence-corrected chi connectivity index (χ0v) is 18.1. The first-order valence-electron chi connectivity index (χ1n) is 10.5. The molecule has 1 aliphatic rings. The van der Waals surface area contributed by atoms with Crippen LogP contribution in [0.25, 0.3) is 0 Å². The van der Waals surface area contributed by atoms with Crippen molar-refractivity contribution >= 4 is 5.91 Å². The monoisotopic (exact) mass is 412 g/mol. The van der Waals surface area contributed by atoms with Crippen LogP contribution >= 0.6 is 0 Å². The van der Waals surface area contributed by atoms with Gasteiger partial charge in [-0.3, -0.25) is 9.69 Å². The van der Waals surface area contributed by atoms with Crippen molar-refractivity contribution in [2.45, 2.75) is 32.4 Å². The van der Waals surface area contributed by atoms with Gasteiger partial charge >= 0.3 is 0 Å². The van der Waals surface area contributed by atoms with Crippen molar-refractivity contribution in [3.8, 4) is 11.5 Å². The van der Waals surface area contributed by atoms with Crippen LogP contribution in [0.15, 0.2) is 42.5 Å². The number of carbonyl (C=O) groups excluding carboxylic acids is 1. The van der Waals surface area contributed by atoms with Gasteiger partial charge in [-0.2, -0.15) is 0 Å². The fourth-order valence-corrected chi connectivity index (χ4v) is 3.64. The van der Waals surface area contributed by atoms with Crippen molar-refractivity contribution in [1.82, 2.24) is 10.2 Å². The van der Waals surface area contributed by atoms with E-state index in [2.05, 4.69) is 17.3 Å². The van der Waals surface area contributed by atoms with Gasteiger partial charge in [-0.1, -0.05) is 23.8 Å². The highest BCUT2D eigenvalue weighted by molar-refractivity contribution is 5.97. The van der Waals surface area contributed by atoms with Crippen LogP contribution in [0, 0.1) is 6.92 Å². The topological polar surface area (TPSA) is 60.0 Å². The number of ether oxygens (including phenoxy) is 3. The molecule has 3 rings (SSSR count). The van der Waals surface area contributed by atoms with E-state index in [9.17, 15) is 4.79 Å². The molecule has 1 saturated heterocycles. The molecule has 1 aliphatic heterocycles. The summed E-state index contributed by atoms with van der Waals surface area (Å²) >= 11 is 0. The van der Waals surface area contributed by atoms with E-state index < -0.39 is 0 Å². The van der Waals surface area contributed by atoms with Crippen LogP contribution in [-0.2, 0) is 11.3 Å². The summed E-state index contributed by atoms with van der Waals surface area (Å²) in [6.45, 7) is 5.57. The third-order valence-electron chi connectivity index (χ3n) is 5.48. The summed E-state index contributed by atoms with van der Waals surface area (Å²) in [5.41, 5.74) is 2.55. The SMILES string of the molecule is COc1ccc(C)cc1C(=O)NCc1cccc(OCCN(C)C2CCOCC2)c1. The van der Waals surface area contributed by atoms with E-state index in [-0.39, 0.29) is 5.91 Å². The molecule has 0 bridgehead atoms. The minimum Gasteiger partial charge on any atom is -0.496 e. The zero-order chi connectivity index (χ0) is 21.3. The van der Waals surface area contributed by atoms with E-state index in [0.29, 0.717) is 30.5 Å². The fourth-order valence-electron chi connectivity index (χ4n) is 3.64. The molecule has 1 fully saturated rings. The second-order valence-electron chi connectivity index (χ2n) is 7.71. The summed E-state index contributed by atoms with van der Waals surface area (Å²) in [7, 11) is 3.71. The van der Waals surface area contributed by atoms with Crippen LogP contribution in [0.1, 0.15) is 34.3 Å². The Morgan fingerprint density at radius 1 is 1.20 bits per heavy atom. The number of nitrogens with one attached hydrogen (secondary N) is 1. The van der Waals surface area contributed by atoms with Crippen molar-refractivity contribution in [2.24, 2.45) is 0 Å². The first-order valence-corrected chi connectivity index (χ1v) is 10.5. The van der Waals surface area contributed by atoms with Crippen LogP contribution in [-0.4, -0.2) is 57.4 Å². The van der Waals surface area contributed by atoms with Gasteiger partial charge in [0.1, 0.15) is 18.1 Å². The largest absolute Gasteiger partial charge is 0.496 e. The summed E-state index contributed by atoms with van der Waals surface area (Å²) in [6, 6.07) is 14.0. The average Bonchev–Trinajstić information content (AvgIpc) is 2.78. The lowest BCUT2D eigenvalue weighted by Crippen LogP contribution is -2.38. The fraction of sp³-hybridized carbons (Fsp3) is 0.458. The van der Waals surface area contributed by atoms with E-state index >= 15 is 0 Å². The molecular formula is C24H32N2O4. The van der Waals surface area contributed by atoms with Gasteiger partial charge in [-0.05, 0) is 56.6 Å². The molecule has 1 N–H and O–H groups in total. The van der Waals surface area contributed by atoms with Crippen molar-refractivity contribution in [3.05, 3.63) is 59.2 Å². The summed E-state index contributed by atoms with van der Waals surface area (Å²) in [4.78, 5) is 14.9. The molecule has 0 aliphatic carbocycles. The van der Waals surface area contributed by atoms with Gasteiger partial charge in [0.25, 0.3) is 5.91 Å². The van der Waals surface area contributed by atoms with E-state index in [1.54, 1.807) is 7.11 Å². The molecule has 0 radical (unpaired) electrons. The van der Waals surface area contributed by atoms with Gasteiger partial charge in [0.2, 0.25) is 0 Å². The molecule has 0 aromatic heterocycles. The molecule has 2 aromatic rings. The Morgan fingerprint density at radius 2 is 2.00 bits per heavy atom. The molecular weight excluding hydrogens is 380 g/mol. The highest BCUT2D eigenvalue weighted by atomic mass is 16.5. The molecule has 6 nitrogen and oxygen atoms in total. The number of nitrogens with zero attached hydrogens (tertiary/aromatic N) is 1. The standard InChI is InChI=1S/C24H32N2O4/c1-18-7-8-23(28-3)22(15-18)24(27)25-17-19-5-4-6-21(16-19)30-14-11-26(2)20-9-12-29-13-10-20/h4-8,15-16,20H,9-14,17H2,1-3H3,(H,25,27). The number of benzene rings is 2. The lowest BCUT2D eigenvalue weighted by Gasteiger charge is -2.31. The molecule has 1 amide bonds. The summed E-state index contributed by atoms with van der Waals surface area (Å²) < 4.78 is 16.7. The molecule has 30 heavy (non-hydrogen) atoms. The van der Waals surface area contributed by atoms with Crippen LogP contribution in [0.3, 0.4) is 0 Å². The highest BCUT2D eigenvalue weighted by Gasteiger charge is 2.18. The van der Waals surface area contributed by atoms with Gasteiger partial charge < -0.3 is 19.5 Å². The minimum absolute atomic E-state index is 0.153. The maximum Gasteiger partial charge on any atom is 0.255 e. The maximum atomic E-state index is 12.6. The molecule has 0 saturated carbocycles. The number of amides is 1. The van der Waals surface area contributed by atoms with Gasteiger partial charge in [-0.15, -0.1) is 0 Å². The molecule has 2 aromatic carbocycles. The Kier molecular flexibility index (Phi) is 8.11. The Bertz CT molecular complexity index is 834. The smallest absolute Gasteiger partial charge is 0.255 e. The molecule has 162 valence electrons. The maximum absolute atomic E-state index is 12.6. The molecule has 0 unspecified atom stereocenters. The average molecular weight is 413 g/mol. The van der Waals surface area contributed by atoms with Gasteiger partial charge in [0.15, 0.2) is 0 Å². The Morgan fingerprint density at radius 3 is 2.77 bits per heavy atom. The summed E-state index contributed by atoms with van der Waals surface area (Å²) in [5, 5.41) is 2.97. The van der Waals surface area contributed by atoms with Crippen LogP contribution in [0.5, 0.6) is 11.5 Å². The Labute approximate surface area is 179 Å². The lowest BCUT2D eigenvalue weighted by molar-refractivity contribution is 0.0392. The predicted molar refractivity (Wildman–Crippen MR) is 117 cm³/mol. The minimum atomic E-state index is -0.153. The first-order chi connectivity index (χ1) is 14.6. The summed E-state index contributed by atoms with van der Waals surface area (Å²) in [5.74, 6) is 1.24. The van der Waals surface area contributed by atoms with Crippen molar-refractivity contribution in [3.63, 3.8) is 0 Å².